The summed E-state index contributed by atoms with van der Waals surface area (Å²) in [6, 6.07) is 11.9. The maximum Gasteiger partial charge on any atom is 0.244 e. The number of anilines is 1. The summed E-state index contributed by atoms with van der Waals surface area (Å²) in [5, 5.41) is 2.82. The van der Waals surface area contributed by atoms with Crippen LogP contribution in [0, 0.1) is 5.82 Å². The molecule has 192 valence electrons. The van der Waals surface area contributed by atoms with Gasteiger partial charge in [-0.3, -0.25) is 13.9 Å². The summed E-state index contributed by atoms with van der Waals surface area (Å²) in [4.78, 5) is 27.8. The summed E-state index contributed by atoms with van der Waals surface area (Å²) in [5.41, 5.74) is 2.05. The largest absolute Gasteiger partial charge is 0.354 e. The molecule has 35 heavy (non-hydrogen) atoms. The Bertz CT molecular complexity index is 1090. The van der Waals surface area contributed by atoms with Gasteiger partial charge in [-0.1, -0.05) is 52.0 Å². The molecule has 0 heterocycles. The van der Waals surface area contributed by atoms with Gasteiger partial charge in [0.05, 0.1) is 11.9 Å². The second kappa shape index (κ2) is 12.7. The molecular formula is C26H36FN3O4S. The van der Waals surface area contributed by atoms with Crippen LogP contribution in [0.25, 0.3) is 0 Å². The van der Waals surface area contributed by atoms with Gasteiger partial charge in [-0.05, 0) is 54.2 Å². The van der Waals surface area contributed by atoms with E-state index in [4.69, 9.17) is 0 Å². The number of carbonyl (C=O) groups excluding carboxylic acids is 2. The van der Waals surface area contributed by atoms with Crippen LogP contribution in [-0.2, 0) is 26.2 Å². The Kier molecular flexibility index (Phi) is 10.2. The first kappa shape index (κ1) is 28.3. The second-order valence-corrected chi connectivity index (χ2v) is 10.8. The highest BCUT2D eigenvalue weighted by molar-refractivity contribution is 7.92. The van der Waals surface area contributed by atoms with E-state index in [1.165, 1.54) is 17.0 Å². The van der Waals surface area contributed by atoms with E-state index in [1.54, 1.807) is 31.2 Å². The first-order valence-corrected chi connectivity index (χ1v) is 13.7. The summed E-state index contributed by atoms with van der Waals surface area (Å²) in [5.74, 6) is -0.967. The fraction of sp³-hybridized carbons (Fsp3) is 0.462. The predicted octanol–water partition coefficient (Wildman–Crippen LogP) is 4.05. The van der Waals surface area contributed by atoms with Crippen molar-refractivity contribution in [3.8, 4) is 0 Å². The molecule has 0 fully saturated rings. The minimum atomic E-state index is -3.79. The van der Waals surface area contributed by atoms with Crippen molar-refractivity contribution in [1.29, 1.82) is 0 Å². The highest BCUT2D eigenvalue weighted by Crippen LogP contribution is 2.23. The molecule has 0 radical (unpaired) electrons. The Morgan fingerprint density at radius 3 is 2.09 bits per heavy atom. The summed E-state index contributed by atoms with van der Waals surface area (Å²) < 4.78 is 39.8. The fourth-order valence-corrected chi connectivity index (χ4v) is 4.56. The lowest BCUT2D eigenvalue weighted by molar-refractivity contribution is -0.140. The molecule has 0 saturated heterocycles. The van der Waals surface area contributed by atoms with Crippen LogP contribution in [0.2, 0.25) is 0 Å². The lowest BCUT2D eigenvalue weighted by Crippen LogP contribution is -2.52. The Balaban J connectivity index is 2.40. The summed E-state index contributed by atoms with van der Waals surface area (Å²) >= 11 is 0. The monoisotopic (exact) mass is 505 g/mol. The third-order valence-electron chi connectivity index (χ3n) is 5.73. The quantitative estimate of drug-likeness (QED) is 0.472. The van der Waals surface area contributed by atoms with E-state index in [2.05, 4.69) is 5.32 Å². The number of nitrogens with zero attached hydrogens (tertiary/aromatic N) is 2. The lowest BCUT2D eigenvalue weighted by Gasteiger charge is -2.33. The minimum Gasteiger partial charge on any atom is -0.354 e. The number of sulfonamides is 1. The number of benzene rings is 2. The van der Waals surface area contributed by atoms with Gasteiger partial charge in [-0.25, -0.2) is 12.8 Å². The van der Waals surface area contributed by atoms with Gasteiger partial charge in [0.1, 0.15) is 18.4 Å². The van der Waals surface area contributed by atoms with Gasteiger partial charge in [0.15, 0.2) is 0 Å². The van der Waals surface area contributed by atoms with E-state index in [0.29, 0.717) is 24.2 Å². The number of rotatable bonds is 12. The highest BCUT2D eigenvalue weighted by Gasteiger charge is 2.31. The Hall–Kier alpha value is -2.94. The van der Waals surface area contributed by atoms with Crippen LogP contribution >= 0.6 is 0 Å². The van der Waals surface area contributed by atoms with Crippen molar-refractivity contribution in [3.05, 3.63) is 65.5 Å². The van der Waals surface area contributed by atoms with E-state index in [0.717, 1.165) is 22.5 Å². The molecule has 0 aromatic heterocycles. The molecule has 0 spiro atoms. The van der Waals surface area contributed by atoms with Gasteiger partial charge in [0, 0.05) is 13.1 Å². The topological polar surface area (TPSA) is 86.8 Å². The second-order valence-electron chi connectivity index (χ2n) is 8.88. The number of carbonyl (C=O) groups is 2. The smallest absolute Gasteiger partial charge is 0.244 e. The lowest BCUT2D eigenvalue weighted by atomic mass is 10.0. The third kappa shape index (κ3) is 8.06. The summed E-state index contributed by atoms with van der Waals surface area (Å²) in [6.45, 7) is 7.84. The van der Waals surface area contributed by atoms with Crippen LogP contribution < -0.4 is 9.62 Å². The van der Waals surface area contributed by atoms with Crippen molar-refractivity contribution < 1.29 is 22.4 Å². The average molecular weight is 506 g/mol. The van der Waals surface area contributed by atoms with Crippen molar-refractivity contribution in [2.75, 3.05) is 23.7 Å². The van der Waals surface area contributed by atoms with Gasteiger partial charge in [0.2, 0.25) is 21.8 Å². The molecule has 7 nitrogen and oxygen atoms in total. The van der Waals surface area contributed by atoms with E-state index in [1.807, 2.05) is 32.9 Å². The molecule has 0 saturated carbocycles. The van der Waals surface area contributed by atoms with Crippen LogP contribution in [-0.4, -0.2) is 50.5 Å². The molecule has 1 atom stereocenters. The fourth-order valence-electron chi connectivity index (χ4n) is 3.71. The third-order valence-corrected chi connectivity index (χ3v) is 6.87. The van der Waals surface area contributed by atoms with Gasteiger partial charge >= 0.3 is 0 Å². The summed E-state index contributed by atoms with van der Waals surface area (Å²) in [6.07, 6.45) is 2.12. The van der Waals surface area contributed by atoms with Crippen molar-refractivity contribution in [3.63, 3.8) is 0 Å². The molecule has 0 aliphatic rings. The molecule has 1 N–H and O–H groups in total. The Morgan fingerprint density at radius 2 is 1.60 bits per heavy atom. The van der Waals surface area contributed by atoms with Crippen molar-refractivity contribution in [1.82, 2.24) is 10.2 Å². The molecule has 2 rings (SSSR count). The molecule has 0 aliphatic heterocycles. The molecule has 2 aromatic rings. The van der Waals surface area contributed by atoms with Crippen molar-refractivity contribution in [2.45, 2.75) is 59.0 Å². The van der Waals surface area contributed by atoms with Crippen LogP contribution in [0.5, 0.6) is 0 Å². The maximum atomic E-state index is 13.6. The first-order valence-electron chi connectivity index (χ1n) is 11.9. The van der Waals surface area contributed by atoms with Gasteiger partial charge in [-0.2, -0.15) is 0 Å². The van der Waals surface area contributed by atoms with E-state index in [-0.39, 0.29) is 18.4 Å². The maximum absolute atomic E-state index is 13.6. The van der Waals surface area contributed by atoms with Crippen LogP contribution in [0.4, 0.5) is 10.1 Å². The normalized spacial score (nSPS) is 12.3. The van der Waals surface area contributed by atoms with Crippen molar-refractivity contribution in [2.24, 2.45) is 0 Å². The van der Waals surface area contributed by atoms with Crippen molar-refractivity contribution >= 4 is 27.5 Å². The number of hydrogen-bond donors (Lipinski definition) is 1. The van der Waals surface area contributed by atoms with Gasteiger partial charge < -0.3 is 10.2 Å². The Labute approximate surface area is 208 Å². The predicted molar refractivity (Wildman–Crippen MR) is 137 cm³/mol. The van der Waals surface area contributed by atoms with E-state index >= 15 is 0 Å². The zero-order chi connectivity index (χ0) is 26.2. The number of nitrogens with one attached hydrogen (secondary N) is 1. The minimum absolute atomic E-state index is 0.0427. The molecule has 0 aliphatic carbocycles. The molecular weight excluding hydrogens is 469 g/mol. The molecule has 2 amide bonds. The molecule has 9 heteroatoms. The number of halogens is 1. The number of hydrogen-bond acceptors (Lipinski definition) is 4. The standard InChI is InChI=1S/C26H36FN3O4S/c1-6-16-28-26(32)24(7-2)29(17-20-8-12-22(27)13-9-20)25(31)18-30(35(5,33)34)23-14-10-21(11-15-23)19(3)4/h8-15,19,24H,6-7,16-18H2,1-5H3,(H,28,32)/t24-/m1/s1. The highest BCUT2D eigenvalue weighted by atomic mass is 32.2. The van der Waals surface area contributed by atoms with Crippen LogP contribution in [0.15, 0.2) is 48.5 Å². The first-order chi connectivity index (χ1) is 16.5. The van der Waals surface area contributed by atoms with E-state index in [9.17, 15) is 22.4 Å². The Morgan fingerprint density at radius 1 is 1.00 bits per heavy atom. The SMILES string of the molecule is CCCNC(=O)[C@@H](CC)N(Cc1ccc(F)cc1)C(=O)CN(c1ccc(C(C)C)cc1)S(C)(=O)=O. The van der Waals surface area contributed by atoms with Gasteiger partial charge in [-0.15, -0.1) is 0 Å². The average Bonchev–Trinajstić information content (AvgIpc) is 2.81. The van der Waals surface area contributed by atoms with Gasteiger partial charge in [0.25, 0.3) is 0 Å². The van der Waals surface area contributed by atoms with Crippen LogP contribution in [0.1, 0.15) is 57.6 Å². The van der Waals surface area contributed by atoms with E-state index < -0.39 is 34.3 Å². The molecule has 2 aromatic carbocycles. The zero-order valence-electron chi connectivity index (χ0n) is 21.1. The zero-order valence-corrected chi connectivity index (χ0v) is 21.9. The summed E-state index contributed by atoms with van der Waals surface area (Å²) in [7, 11) is -3.79. The molecule has 0 unspecified atom stereocenters. The molecule has 0 bridgehead atoms. The number of amides is 2. The van der Waals surface area contributed by atoms with Crippen LogP contribution in [0.3, 0.4) is 0 Å².